The SMILES string of the molecule is Cl.N#Cc1cc([C@H]2CCCCN2)ccc1F. The third kappa shape index (κ3) is 2.72. The lowest BCUT2D eigenvalue weighted by Gasteiger charge is -2.23. The average Bonchev–Trinajstić information content (AvgIpc) is 2.31. The summed E-state index contributed by atoms with van der Waals surface area (Å²) in [5.74, 6) is -0.433. The van der Waals surface area contributed by atoms with E-state index in [1.807, 2.05) is 6.07 Å². The van der Waals surface area contributed by atoms with Gasteiger partial charge in [0.1, 0.15) is 11.9 Å². The van der Waals surface area contributed by atoms with Gasteiger partial charge < -0.3 is 5.32 Å². The van der Waals surface area contributed by atoms with Gasteiger partial charge in [0.15, 0.2) is 0 Å². The third-order valence-corrected chi connectivity index (χ3v) is 2.82. The smallest absolute Gasteiger partial charge is 0.140 e. The van der Waals surface area contributed by atoms with E-state index in [1.165, 1.54) is 18.9 Å². The van der Waals surface area contributed by atoms with Crippen molar-refractivity contribution in [3.63, 3.8) is 0 Å². The van der Waals surface area contributed by atoms with Gasteiger partial charge in [-0.05, 0) is 37.1 Å². The van der Waals surface area contributed by atoms with Crippen LogP contribution >= 0.6 is 12.4 Å². The molecule has 1 aliphatic heterocycles. The summed E-state index contributed by atoms with van der Waals surface area (Å²) >= 11 is 0. The van der Waals surface area contributed by atoms with Gasteiger partial charge in [-0.1, -0.05) is 12.5 Å². The number of nitriles is 1. The summed E-state index contributed by atoms with van der Waals surface area (Å²) in [6.45, 7) is 1.00. The fourth-order valence-electron chi connectivity index (χ4n) is 1.98. The molecular formula is C12H14ClFN2. The van der Waals surface area contributed by atoms with Gasteiger partial charge in [0.25, 0.3) is 0 Å². The van der Waals surface area contributed by atoms with E-state index in [2.05, 4.69) is 5.32 Å². The molecule has 1 saturated heterocycles. The molecule has 1 N–H and O–H groups in total. The van der Waals surface area contributed by atoms with Crippen molar-refractivity contribution in [2.24, 2.45) is 0 Å². The highest BCUT2D eigenvalue weighted by molar-refractivity contribution is 5.85. The van der Waals surface area contributed by atoms with E-state index in [9.17, 15) is 4.39 Å². The zero-order valence-electron chi connectivity index (χ0n) is 8.87. The molecule has 0 unspecified atom stereocenters. The molecule has 1 aliphatic rings. The molecule has 2 nitrogen and oxygen atoms in total. The second-order valence-electron chi connectivity index (χ2n) is 3.85. The molecule has 2 rings (SSSR count). The van der Waals surface area contributed by atoms with Crippen LogP contribution in [0.1, 0.15) is 36.4 Å². The second-order valence-corrected chi connectivity index (χ2v) is 3.85. The highest BCUT2D eigenvalue weighted by Gasteiger charge is 2.15. The Labute approximate surface area is 101 Å². The first-order chi connectivity index (χ1) is 7.31. The lowest BCUT2D eigenvalue weighted by atomic mass is 9.96. The maximum Gasteiger partial charge on any atom is 0.140 e. The predicted octanol–water partition coefficient (Wildman–Crippen LogP) is 2.93. The van der Waals surface area contributed by atoms with Crippen molar-refractivity contribution in [3.05, 3.63) is 35.1 Å². The first-order valence-corrected chi connectivity index (χ1v) is 5.24. The van der Waals surface area contributed by atoms with Crippen LogP contribution in [-0.2, 0) is 0 Å². The first-order valence-electron chi connectivity index (χ1n) is 5.24. The van der Waals surface area contributed by atoms with Gasteiger partial charge in [0.05, 0.1) is 5.56 Å². The molecule has 1 atom stereocenters. The highest BCUT2D eigenvalue weighted by Crippen LogP contribution is 2.24. The Morgan fingerprint density at radius 3 is 2.81 bits per heavy atom. The van der Waals surface area contributed by atoms with Crippen LogP contribution < -0.4 is 5.32 Å². The quantitative estimate of drug-likeness (QED) is 0.819. The molecule has 0 spiro atoms. The van der Waals surface area contributed by atoms with Gasteiger partial charge in [0.2, 0.25) is 0 Å². The van der Waals surface area contributed by atoms with Gasteiger partial charge >= 0.3 is 0 Å². The summed E-state index contributed by atoms with van der Waals surface area (Å²) < 4.78 is 13.1. The highest BCUT2D eigenvalue weighted by atomic mass is 35.5. The summed E-state index contributed by atoms with van der Waals surface area (Å²) in [6, 6.07) is 6.95. The molecule has 1 fully saturated rings. The van der Waals surface area contributed by atoms with E-state index in [-0.39, 0.29) is 24.0 Å². The summed E-state index contributed by atoms with van der Waals surface area (Å²) in [4.78, 5) is 0. The van der Waals surface area contributed by atoms with Gasteiger partial charge in [0, 0.05) is 6.04 Å². The molecular weight excluding hydrogens is 227 g/mol. The summed E-state index contributed by atoms with van der Waals surface area (Å²) in [7, 11) is 0. The van der Waals surface area contributed by atoms with Crippen LogP contribution in [0.5, 0.6) is 0 Å². The fraction of sp³-hybridized carbons (Fsp3) is 0.417. The number of nitrogens with zero attached hydrogens (tertiary/aromatic N) is 1. The molecule has 0 aromatic heterocycles. The van der Waals surface area contributed by atoms with Crippen molar-refractivity contribution in [1.29, 1.82) is 5.26 Å². The Bertz CT molecular complexity index is 394. The Kier molecular flexibility index (Phi) is 4.72. The largest absolute Gasteiger partial charge is 0.310 e. The topological polar surface area (TPSA) is 35.8 Å². The van der Waals surface area contributed by atoms with Crippen molar-refractivity contribution in [2.75, 3.05) is 6.54 Å². The van der Waals surface area contributed by atoms with Crippen LogP contribution in [0.4, 0.5) is 4.39 Å². The van der Waals surface area contributed by atoms with Crippen molar-refractivity contribution < 1.29 is 4.39 Å². The van der Waals surface area contributed by atoms with Crippen molar-refractivity contribution in [2.45, 2.75) is 25.3 Å². The zero-order chi connectivity index (χ0) is 10.7. The van der Waals surface area contributed by atoms with Crippen LogP contribution in [0.15, 0.2) is 18.2 Å². The number of benzene rings is 1. The zero-order valence-corrected chi connectivity index (χ0v) is 9.69. The molecule has 0 radical (unpaired) electrons. The summed E-state index contributed by atoms with van der Waals surface area (Å²) in [5, 5.41) is 12.1. The van der Waals surface area contributed by atoms with Gasteiger partial charge in [-0.2, -0.15) is 5.26 Å². The normalized spacial score (nSPS) is 19.6. The number of nitrogens with one attached hydrogen (secondary N) is 1. The monoisotopic (exact) mass is 240 g/mol. The number of hydrogen-bond acceptors (Lipinski definition) is 2. The molecule has 0 aliphatic carbocycles. The lowest BCUT2D eigenvalue weighted by Crippen LogP contribution is -2.26. The molecule has 0 saturated carbocycles. The Morgan fingerprint density at radius 2 is 2.19 bits per heavy atom. The number of rotatable bonds is 1. The fourth-order valence-corrected chi connectivity index (χ4v) is 1.98. The van der Waals surface area contributed by atoms with Crippen molar-refractivity contribution in [3.8, 4) is 6.07 Å². The molecule has 1 heterocycles. The lowest BCUT2D eigenvalue weighted by molar-refractivity contribution is 0.412. The van der Waals surface area contributed by atoms with Crippen molar-refractivity contribution >= 4 is 12.4 Å². The summed E-state index contributed by atoms with van der Waals surface area (Å²) in [6.07, 6.45) is 3.45. The van der Waals surface area contributed by atoms with E-state index in [0.717, 1.165) is 18.5 Å². The molecule has 4 heteroatoms. The van der Waals surface area contributed by atoms with Crippen LogP contribution in [0, 0.1) is 17.1 Å². The van der Waals surface area contributed by atoms with Crippen LogP contribution in [-0.4, -0.2) is 6.54 Å². The van der Waals surface area contributed by atoms with E-state index in [0.29, 0.717) is 0 Å². The van der Waals surface area contributed by atoms with E-state index in [1.54, 1.807) is 12.1 Å². The molecule has 1 aromatic carbocycles. The van der Waals surface area contributed by atoms with Crippen LogP contribution in [0.25, 0.3) is 0 Å². The molecule has 0 bridgehead atoms. The third-order valence-electron chi connectivity index (χ3n) is 2.82. The van der Waals surface area contributed by atoms with E-state index >= 15 is 0 Å². The maximum atomic E-state index is 13.1. The standard InChI is InChI=1S/C12H13FN2.ClH/c13-11-5-4-9(7-10(11)8-14)12-3-1-2-6-15-12;/h4-5,7,12,15H,1-3,6H2;1H/t12-;/m1./s1. The Hall–Kier alpha value is -1.11. The Morgan fingerprint density at radius 1 is 1.38 bits per heavy atom. The van der Waals surface area contributed by atoms with Crippen LogP contribution in [0.3, 0.4) is 0 Å². The minimum absolute atomic E-state index is 0. The van der Waals surface area contributed by atoms with E-state index in [4.69, 9.17) is 5.26 Å². The minimum atomic E-state index is -0.433. The van der Waals surface area contributed by atoms with Gasteiger partial charge in [-0.25, -0.2) is 4.39 Å². The molecule has 16 heavy (non-hydrogen) atoms. The van der Waals surface area contributed by atoms with Gasteiger partial charge in [-0.3, -0.25) is 0 Å². The van der Waals surface area contributed by atoms with Gasteiger partial charge in [-0.15, -0.1) is 12.4 Å². The summed E-state index contributed by atoms with van der Waals surface area (Å²) in [5.41, 5.74) is 1.16. The van der Waals surface area contributed by atoms with Crippen molar-refractivity contribution in [1.82, 2.24) is 5.32 Å². The maximum absolute atomic E-state index is 13.1. The second kappa shape index (κ2) is 5.83. The minimum Gasteiger partial charge on any atom is -0.310 e. The predicted molar refractivity (Wildman–Crippen MR) is 63.0 cm³/mol. The average molecular weight is 241 g/mol. The van der Waals surface area contributed by atoms with E-state index < -0.39 is 5.82 Å². The molecule has 0 amide bonds. The molecule has 1 aromatic rings. The molecule has 86 valence electrons. The number of piperidine rings is 1. The Balaban J connectivity index is 0.00000128. The number of hydrogen-bond donors (Lipinski definition) is 1. The first kappa shape index (κ1) is 13.0. The van der Waals surface area contributed by atoms with Crippen LogP contribution in [0.2, 0.25) is 0 Å². The number of halogens is 2.